The molecule has 0 fully saturated rings. The molecule has 0 saturated carbocycles. The van der Waals surface area contributed by atoms with Crippen LogP contribution in [0.1, 0.15) is 0 Å². The number of rotatable bonds is 2. The molecule has 0 spiro atoms. The summed E-state index contributed by atoms with van der Waals surface area (Å²) in [5, 5.41) is 9.40. The largest absolute Gasteiger partial charge is 0.508 e. The number of oxazole rings is 1. The van der Waals surface area contributed by atoms with Crippen LogP contribution in [-0.4, -0.2) is 29.2 Å². The van der Waals surface area contributed by atoms with Crippen LogP contribution in [0.25, 0.3) is 22.6 Å². The molecule has 0 aliphatic rings. The fourth-order valence-corrected chi connectivity index (χ4v) is 1.81. The molecule has 0 aliphatic carbocycles. The lowest BCUT2D eigenvalue weighted by Crippen LogP contribution is -2.09. The molecule has 0 radical (unpaired) electrons. The molecule has 96 valence electrons. The Hall–Kier alpha value is -2.56. The summed E-state index contributed by atoms with van der Waals surface area (Å²) >= 11 is 0. The number of hydrogen-bond donors (Lipinski definition) is 1. The average molecular weight is 255 g/mol. The third kappa shape index (κ3) is 2.10. The first-order valence-corrected chi connectivity index (χ1v) is 5.87. The van der Waals surface area contributed by atoms with Gasteiger partial charge in [0.05, 0.1) is 5.56 Å². The predicted octanol–water partition coefficient (Wildman–Crippen LogP) is 2.66. The fourth-order valence-electron chi connectivity index (χ4n) is 1.81. The maximum absolute atomic E-state index is 9.40. The van der Waals surface area contributed by atoms with Crippen LogP contribution in [-0.2, 0) is 0 Å². The molecule has 0 aliphatic heterocycles. The van der Waals surface area contributed by atoms with E-state index in [1.807, 2.05) is 31.1 Å². The van der Waals surface area contributed by atoms with Gasteiger partial charge in [-0.05, 0) is 24.3 Å². The van der Waals surface area contributed by atoms with Crippen molar-refractivity contribution in [2.24, 2.45) is 0 Å². The van der Waals surface area contributed by atoms with E-state index in [-0.39, 0.29) is 5.75 Å². The molecule has 1 aromatic carbocycles. The quantitative estimate of drug-likeness (QED) is 0.762. The smallest absolute Gasteiger partial charge is 0.228 e. The monoisotopic (exact) mass is 255 g/mol. The maximum atomic E-state index is 9.40. The van der Waals surface area contributed by atoms with Crippen molar-refractivity contribution in [3.8, 4) is 17.2 Å². The Bertz CT molecular complexity index is 717. The van der Waals surface area contributed by atoms with E-state index in [0.717, 1.165) is 11.4 Å². The first kappa shape index (κ1) is 11.5. The van der Waals surface area contributed by atoms with Gasteiger partial charge >= 0.3 is 0 Å². The Labute approximate surface area is 110 Å². The van der Waals surface area contributed by atoms with Crippen molar-refractivity contribution in [1.82, 2.24) is 9.97 Å². The molecule has 3 aromatic rings. The Morgan fingerprint density at radius 1 is 1.16 bits per heavy atom. The highest BCUT2D eigenvalue weighted by Crippen LogP contribution is 2.26. The summed E-state index contributed by atoms with van der Waals surface area (Å²) < 4.78 is 5.61. The second kappa shape index (κ2) is 4.28. The van der Waals surface area contributed by atoms with Crippen molar-refractivity contribution in [3.63, 3.8) is 0 Å². The van der Waals surface area contributed by atoms with Gasteiger partial charge in [-0.25, -0.2) is 9.97 Å². The van der Waals surface area contributed by atoms with E-state index >= 15 is 0 Å². The van der Waals surface area contributed by atoms with E-state index in [9.17, 15) is 5.11 Å². The number of benzene rings is 1. The standard InChI is InChI=1S/C14H13N3O2/c1-17(2)13-6-3-9(8-15-13)14-16-11-5-4-10(18)7-12(11)19-14/h3-8,18H,1-2H3. The second-order valence-electron chi connectivity index (χ2n) is 4.47. The highest BCUT2D eigenvalue weighted by molar-refractivity contribution is 5.77. The summed E-state index contributed by atoms with van der Waals surface area (Å²) in [7, 11) is 3.87. The zero-order chi connectivity index (χ0) is 13.4. The molecule has 1 N–H and O–H groups in total. The third-order valence-electron chi connectivity index (χ3n) is 2.83. The minimum atomic E-state index is 0.163. The van der Waals surface area contributed by atoms with Crippen LogP contribution in [0.2, 0.25) is 0 Å². The fraction of sp³-hybridized carbons (Fsp3) is 0.143. The summed E-state index contributed by atoms with van der Waals surface area (Å²) in [6.07, 6.45) is 1.72. The summed E-state index contributed by atoms with van der Waals surface area (Å²) in [5.41, 5.74) is 2.08. The molecule has 5 heteroatoms. The van der Waals surface area contributed by atoms with Crippen LogP contribution < -0.4 is 4.90 Å². The topological polar surface area (TPSA) is 62.4 Å². The summed E-state index contributed by atoms with van der Waals surface area (Å²) in [6, 6.07) is 8.67. The van der Waals surface area contributed by atoms with Gasteiger partial charge in [0, 0.05) is 26.4 Å². The molecule has 19 heavy (non-hydrogen) atoms. The van der Waals surface area contributed by atoms with Gasteiger partial charge in [0.25, 0.3) is 0 Å². The molecule has 0 saturated heterocycles. The number of phenolic OH excluding ortho intramolecular Hbond substituents is 1. The third-order valence-corrected chi connectivity index (χ3v) is 2.83. The Morgan fingerprint density at radius 2 is 2.00 bits per heavy atom. The molecule has 0 atom stereocenters. The van der Waals surface area contributed by atoms with Gasteiger partial charge < -0.3 is 14.4 Å². The Kier molecular flexibility index (Phi) is 2.59. The number of aromatic nitrogens is 2. The number of anilines is 1. The van der Waals surface area contributed by atoms with Crippen LogP contribution in [0, 0.1) is 0 Å². The van der Waals surface area contributed by atoms with E-state index in [4.69, 9.17) is 4.42 Å². The van der Waals surface area contributed by atoms with Crippen LogP contribution >= 0.6 is 0 Å². The van der Waals surface area contributed by atoms with E-state index in [1.165, 1.54) is 0 Å². The van der Waals surface area contributed by atoms with Gasteiger partial charge in [-0.1, -0.05) is 0 Å². The Balaban J connectivity index is 2.03. The zero-order valence-corrected chi connectivity index (χ0v) is 10.7. The molecule has 0 amide bonds. The van der Waals surface area contributed by atoms with Gasteiger partial charge in [0.15, 0.2) is 5.58 Å². The van der Waals surface area contributed by atoms with Crippen LogP contribution in [0.5, 0.6) is 5.75 Å². The van der Waals surface area contributed by atoms with Crippen molar-refractivity contribution >= 4 is 16.9 Å². The lowest BCUT2D eigenvalue weighted by Gasteiger charge is -2.10. The molecule has 3 rings (SSSR count). The van der Waals surface area contributed by atoms with E-state index in [2.05, 4.69) is 9.97 Å². The van der Waals surface area contributed by atoms with Crippen LogP contribution in [0.15, 0.2) is 40.9 Å². The van der Waals surface area contributed by atoms with Crippen molar-refractivity contribution < 1.29 is 9.52 Å². The van der Waals surface area contributed by atoms with E-state index in [0.29, 0.717) is 17.0 Å². The highest BCUT2D eigenvalue weighted by Gasteiger charge is 2.09. The summed E-state index contributed by atoms with van der Waals surface area (Å²) in [5.74, 6) is 1.53. The van der Waals surface area contributed by atoms with Crippen LogP contribution in [0.3, 0.4) is 0 Å². The second-order valence-corrected chi connectivity index (χ2v) is 4.47. The van der Waals surface area contributed by atoms with Crippen molar-refractivity contribution in [1.29, 1.82) is 0 Å². The lowest BCUT2D eigenvalue weighted by atomic mass is 10.3. The number of aromatic hydroxyl groups is 1. The Morgan fingerprint density at radius 3 is 2.68 bits per heavy atom. The predicted molar refractivity (Wildman–Crippen MR) is 73.2 cm³/mol. The number of pyridine rings is 1. The SMILES string of the molecule is CN(C)c1ccc(-c2nc3ccc(O)cc3o2)cn1. The van der Waals surface area contributed by atoms with Gasteiger partial charge in [0.1, 0.15) is 17.1 Å². The highest BCUT2D eigenvalue weighted by atomic mass is 16.3. The number of hydrogen-bond acceptors (Lipinski definition) is 5. The lowest BCUT2D eigenvalue weighted by molar-refractivity contribution is 0.474. The first-order valence-electron chi connectivity index (χ1n) is 5.87. The van der Waals surface area contributed by atoms with Crippen LogP contribution in [0.4, 0.5) is 5.82 Å². The average Bonchev–Trinajstić information content (AvgIpc) is 2.81. The summed E-state index contributed by atoms with van der Waals surface area (Å²) in [4.78, 5) is 10.6. The number of phenols is 1. The zero-order valence-electron chi connectivity index (χ0n) is 10.7. The molecule has 5 nitrogen and oxygen atoms in total. The van der Waals surface area contributed by atoms with Crippen molar-refractivity contribution in [2.45, 2.75) is 0 Å². The maximum Gasteiger partial charge on any atom is 0.228 e. The molecular formula is C14H13N3O2. The number of fused-ring (bicyclic) bond motifs is 1. The molecule has 0 unspecified atom stereocenters. The van der Waals surface area contributed by atoms with Gasteiger partial charge in [0.2, 0.25) is 5.89 Å². The molecule has 2 heterocycles. The van der Waals surface area contributed by atoms with Crippen molar-refractivity contribution in [2.75, 3.05) is 19.0 Å². The molecule has 2 aromatic heterocycles. The number of nitrogens with zero attached hydrogens (tertiary/aromatic N) is 3. The molecular weight excluding hydrogens is 242 g/mol. The molecule has 0 bridgehead atoms. The summed E-state index contributed by atoms with van der Waals surface area (Å²) in [6.45, 7) is 0. The minimum absolute atomic E-state index is 0.163. The minimum Gasteiger partial charge on any atom is -0.508 e. The van der Waals surface area contributed by atoms with Gasteiger partial charge in [-0.15, -0.1) is 0 Å². The van der Waals surface area contributed by atoms with Gasteiger partial charge in [-0.2, -0.15) is 0 Å². The first-order chi connectivity index (χ1) is 9.13. The van der Waals surface area contributed by atoms with E-state index < -0.39 is 0 Å². The normalized spacial score (nSPS) is 10.8. The van der Waals surface area contributed by atoms with E-state index in [1.54, 1.807) is 24.4 Å². The van der Waals surface area contributed by atoms with Crippen molar-refractivity contribution in [3.05, 3.63) is 36.5 Å². The van der Waals surface area contributed by atoms with Gasteiger partial charge in [-0.3, -0.25) is 0 Å².